The zero-order chi connectivity index (χ0) is 24.4. The van der Waals surface area contributed by atoms with E-state index in [4.69, 9.17) is 9.88 Å². The SMILES string of the molecule is Cc1ccc(S(N)(=O)=O)cc1C(=O)OCC(=O)N1CCN(S(=O)(=O)c2ccc(F)cc2)CC1. The summed E-state index contributed by atoms with van der Waals surface area (Å²) in [5.41, 5.74) is 0.406. The van der Waals surface area contributed by atoms with Crippen LogP contribution in [0.2, 0.25) is 0 Å². The predicted molar refractivity (Wildman–Crippen MR) is 115 cm³/mol. The third-order valence-electron chi connectivity index (χ3n) is 5.13. The molecule has 0 spiro atoms. The molecule has 1 heterocycles. The Bertz CT molecular complexity index is 1270. The molecule has 0 unspecified atom stereocenters. The van der Waals surface area contributed by atoms with Crippen molar-refractivity contribution in [1.29, 1.82) is 0 Å². The fraction of sp³-hybridized carbons (Fsp3) is 0.300. The van der Waals surface area contributed by atoms with Crippen molar-refractivity contribution in [3.63, 3.8) is 0 Å². The van der Waals surface area contributed by atoms with Crippen LogP contribution in [0.3, 0.4) is 0 Å². The summed E-state index contributed by atoms with van der Waals surface area (Å²) in [4.78, 5) is 25.8. The van der Waals surface area contributed by atoms with Gasteiger partial charge < -0.3 is 9.64 Å². The molecule has 10 nitrogen and oxygen atoms in total. The molecule has 1 saturated heterocycles. The lowest BCUT2D eigenvalue weighted by molar-refractivity contribution is -0.135. The second-order valence-corrected chi connectivity index (χ2v) is 10.8. The zero-order valence-corrected chi connectivity index (χ0v) is 19.2. The molecule has 1 aliphatic heterocycles. The minimum atomic E-state index is -4.02. The predicted octanol–water partition coefficient (Wildman–Crippen LogP) is 0.471. The summed E-state index contributed by atoms with van der Waals surface area (Å²) in [5, 5.41) is 5.08. The van der Waals surface area contributed by atoms with Gasteiger partial charge in [-0.25, -0.2) is 31.2 Å². The van der Waals surface area contributed by atoms with Crippen molar-refractivity contribution >= 4 is 31.9 Å². The average Bonchev–Trinajstić information content (AvgIpc) is 2.77. The molecular formula is C20H22FN3O7S2. The Balaban J connectivity index is 1.58. The number of primary sulfonamides is 1. The highest BCUT2D eigenvalue weighted by Gasteiger charge is 2.30. The monoisotopic (exact) mass is 499 g/mol. The van der Waals surface area contributed by atoms with Crippen LogP contribution in [0.5, 0.6) is 0 Å². The highest BCUT2D eigenvalue weighted by molar-refractivity contribution is 7.89. The van der Waals surface area contributed by atoms with Crippen LogP contribution >= 0.6 is 0 Å². The molecule has 0 aromatic heterocycles. The number of nitrogens with two attached hydrogens (primary N) is 1. The van der Waals surface area contributed by atoms with E-state index in [1.54, 1.807) is 6.92 Å². The summed E-state index contributed by atoms with van der Waals surface area (Å²) in [6, 6.07) is 8.20. The largest absolute Gasteiger partial charge is 0.452 e. The Morgan fingerprint density at radius 3 is 2.12 bits per heavy atom. The molecular weight excluding hydrogens is 477 g/mol. The number of esters is 1. The van der Waals surface area contributed by atoms with Gasteiger partial charge in [0.05, 0.1) is 15.4 Å². The maximum atomic E-state index is 13.1. The number of benzene rings is 2. The number of hydrogen-bond donors (Lipinski definition) is 1. The fourth-order valence-corrected chi connectivity index (χ4v) is 5.19. The first kappa shape index (κ1) is 24.8. The van der Waals surface area contributed by atoms with Crippen LogP contribution in [0.15, 0.2) is 52.3 Å². The van der Waals surface area contributed by atoms with Gasteiger partial charge in [0.15, 0.2) is 6.61 Å². The number of halogens is 1. The molecule has 1 fully saturated rings. The number of piperazine rings is 1. The topological polar surface area (TPSA) is 144 Å². The summed E-state index contributed by atoms with van der Waals surface area (Å²) < 4.78 is 67.6. The van der Waals surface area contributed by atoms with Gasteiger partial charge in [-0.15, -0.1) is 0 Å². The van der Waals surface area contributed by atoms with Crippen LogP contribution in [0.25, 0.3) is 0 Å². The molecule has 2 aromatic rings. The van der Waals surface area contributed by atoms with Crippen molar-refractivity contribution in [1.82, 2.24) is 9.21 Å². The standard InChI is InChI=1S/C20H22FN3O7S2/c1-14-2-5-17(32(22,27)28)12-18(14)20(26)31-13-19(25)23-8-10-24(11-9-23)33(29,30)16-6-3-15(21)4-7-16/h2-7,12H,8-11,13H2,1H3,(H2,22,27,28). The molecule has 0 radical (unpaired) electrons. The summed E-state index contributed by atoms with van der Waals surface area (Å²) in [6.07, 6.45) is 0. The lowest BCUT2D eigenvalue weighted by Gasteiger charge is -2.33. The molecule has 3 rings (SSSR count). The van der Waals surface area contributed by atoms with Crippen molar-refractivity contribution in [3.8, 4) is 0 Å². The van der Waals surface area contributed by atoms with Gasteiger partial charge in [0, 0.05) is 26.2 Å². The van der Waals surface area contributed by atoms with E-state index >= 15 is 0 Å². The molecule has 2 N–H and O–H groups in total. The van der Waals surface area contributed by atoms with E-state index in [1.807, 2.05) is 0 Å². The quantitative estimate of drug-likeness (QED) is 0.569. The minimum absolute atomic E-state index is 0.0227. The van der Waals surface area contributed by atoms with Crippen LogP contribution in [-0.2, 0) is 29.6 Å². The highest BCUT2D eigenvalue weighted by Crippen LogP contribution is 2.19. The molecule has 2 aromatic carbocycles. The minimum Gasteiger partial charge on any atom is -0.452 e. The van der Waals surface area contributed by atoms with E-state index in [9.17, 15) is 30.8 Å². The van der Waals surface area contributed by atoms with Crippen molar-refractivity contribution < 1.29 is 35.6 Å². The number of sulfonamides is 2. The first-order chi connectivity index (χ1) is 15.4. The Hall–Kier alpha value is -2.87. The number of amides is 1. The zero-order valence-electron chi connectivity index (χ0n) is 17.6. The Labute approximate surface area is 190 Å². The van der Waals surface area contributed by atoms with E-state index in [-0.39, 0.29) is 41.5 Å². The van der Waals surface area contributed by atoms with Crippen molar-refractivity contribution in [2.75, 3.05) is 32.8 Å². The molecule has 0 saturated carbocycles. The molecule has 33 heavy (non-hydrogen) atoms. The summed E-state index contributed by atoms with van der Waals surface area (Å²) >= 11 is 0. The highest BCUT2D eigenvalue weighted by atomic mass is 32.2. The Morgan fingerprint density at radius 2 is 1.55 bits per heavy atom. The van der Waals surface area contributed by atoms with Gasteiger partial charge in [0.1, 0.15) is 5.82 Å². The molecule has 0 bridgehead atoms. The first-order valence-corrected chi connectivity index (χ1v) is 12.7. The maximum Gasteiger partial charge on any atom is 0.338 e. The number of carbonyl (C=O) groups excluding carboxylic acids is 2. The van der Waals surface area contributed by atoms with Gasteiger partial charge in [-0.1, -0.05) is 6.07 Å². The first-order valence-electron chi connectivity index (χ1n) is 9.73. The molecule has 1 aliphatic rings. The van der Waals surface area contributed by atoms with E-state index in [1.165, 1.54) is 33.5 Å². The van der Waals surface area contributed by atoms with Gasteiger partial charge in [-0.2, -0.15) is 4.31 Å². The van der Waals surface area contributed by atoms with E-state index < -0.39 is 44.3 Å². The number of aryl methyl sites for hydroxylation is 1. The van der Waals surface area contributed by atoms with Crippen LogP contribution < -0.4 is 5.14 Å². The van der Waals surface area contributed by atoms with Crippen molar-refractivity contribution in [2.24, 2.45) is 5.14 Å². The number of hydrogen-bond acceptors (Lipinski definition) is 7. The molecule has 0 aliphatic carbocycles. The number of carbonyl (C=O) groups is 2. The number of ether oxygens (including phenoxy) is 1. The van der Waals surface area contributed by atoms with Gasteiger partial charge in [-0.05, 0) is 48.9 Å². The Morgan fingerprint density at radius 1 is 0.970 bits per heavy atom. The molecule has 13 heteroatoms. The van der Waals surface area contributed by atoms with E-state index in [2.05, 4.69) is 0 Å². The average molecular weight is 500 g/mol. The van der Waals surface area contributed by atoms with Crippen molar-refractivity contribution in [3.05, 3.63) is 59.4 Å². The van der Waals surface area contributed by atoms with Gasteiger partial charge in [0.2, 0.25) is 20.0 Å². The summed E-state index contributed by atoms with van der Waals surface area (Å²) in [5.74, 6) is -1.96. The van der Waals surface area contributed by atoms with Crippen LogP contribution in [0.1, 0.15) is 15.9 Å². The van der Waals surface area contributed by atoms with Gasteiger partial charge in [-0.3, -0.25) is 4.79 Å². The van der Waals surface area contributed by atoms with Gasteiger partial charge in [0.25, 0.3) is 5.91 Å². The maximum absolute atomic E-state index is 13.1. The van der Waals surface area contributed by atoms with Gasteiger partial charge >= 0.3 is 5.97 Å². The number of nitrogens with zero attached hydrogens (tertiary/aromatic N) is 2. The second kappa shape index (κ2) is 9.55. The van der Waals surface area contributed by atoms with E-state index in [0.29, 0.717) is 5.56 Å². The molecule has 1 amide bonds. The molecule has 178 valence electrons. The lowest BCUT2D eigenvalue weighted by Crippen LogP contribution is -2.51. The summed E-state index contributed by atoms with van der Waals surface area (Å²) in [6.45, 7) is 1.19. The number of rotatable bonds is 6. The second-order valence-electron chi connectivity index (χ2n) is 7.34. The third kappa shape index (κ3) is 5.74. The molecule has 0 atom stereocenters. The van der Waals surface area contributed by atoms with Crippen LogP contribution in [0.4, 0.5) is 4.39 Å². The smallest absolute Gasteiger partial charge is 0.338 e. The third-order valence-corrected chi connectivity index (χ3v) is 7.95. The normalized spacial score (nSPS) is 15.3. The van der Waals surface area contributed by atoms with E-state index in [0.717, 1.165) is 18.2 Å². The van der Waals surface area contributed by atoms with Crippen LogP contribution in [-0.4, -0.2) is 70.7 Å². The fourth-order valence-electron chi connectivity index (χ4n) is 3.23. The van der Waals surface area contributed by atoms with Crippen molar-refractivity contribution in [2.45, 2.75) is 16.7 Å². The van der Waals surface area contributed by atoms with Crippen LogP contribution in [0, 0.1) is 12.7 Å². The Kier molecular flexibility index (Phi) is 7.17. The lowest BCUT2D eigenvalue weighted by atomic mass is 10.1. The summed E-state index contributed by atoms with van der Waals surface area (Å²) in [7, 11) is -7.85.